The van der Waals surface area contributed by atoms with Crippen LogP contribution in [0.5, 0.6) is 0 Å². The average Bonchev–Trinajstić information content (AvgIpc) is 1.99. The summed E-state index contributed by atoms with van der Waals surface area (Å²) in [7, 11) is 0. The molecule has 3 N–H and O–H groups in total. The van der Waals surface area contributed by atoms with Crippen LogP contribution < -0.4 is 5.73 Å². The maximum atomic E-state index is 8.78. The molecule has 0 radical (unpaired) electrons. The van der Waals surface area contributed by atoms with Crippen molar-refractivity contribution >= 4 is 0 Å². The van der Waals surface area contributed by atoms with E-state index in [9.17, 15) is 0 Å². The molecule has 0 aliphatic carbocycles. The average molecular weight is 161 g/mol. The van der Waals surface area contributed by atoms with E-state index in [0.717, 1.165) is 26.1 Å². The first kappa shape index (κ1) is 10.9. The Hall–Kier alpha value is -0.120. The Morgan fingerprint density at radius 3 is 2.64 bits per heavy atom. The fraction of sp³-hybridized carbons (Fsp3) is 1.00. The maximum absolute atomic E-state index is 8.78. The molecular weight excluding hydrogens is 142 g/mol. The molecule has 0 aromatic rings. The van der Waals surface area contributed by atoms with Gasteiger partial charge in [0.1, 0.15) is 0 Å². The minimum absolute atomic E-state index is 0.0408. The van der Waals surface area contributed by atoms with E-state index < -0.39 is 5.54 Å². The summed E-state index contributed by atoms with van der Waals surface area (Å²) in [6.45, 7) is 5.34. The van der Waals surface area contributed by atoms with Crippen LogP contribution in [0.2, 0.25) is 0 Å². The summed E-state index contributed by atoms with van der Waals surface area (Å²) in [5, 5.41) is 8.78. The highest BCUT2D eigenvalue weighted by Gasteiger charge is 2.15. The predicted octanol–water partition coefficient (Wildman–Crippen LogP) is 0.513. The maximum Gasteiger partial charge on any atom is 0.0608 e. The Balaban J connectivity index is 3.23. The van der Waals surface area contributed by atoms with Gasteiger partial charge in [-0.1, -0.05) is 0 Å². The molecule has 3 nitrogen and oxygen atoms in total. The molecule has 0 aliphatic heterocycles. The summed E-state index contributed by atoms with van der Waals surface area (Å²) in [6.07, 6.45) is 1.73. The molecule has 0 rings (SSSR count). The van der Waals surface area contributed by atoms with Gasteiger partial charge in [-0.05, 0) is 26.7 Å². The van der Waals surface area contributed by atoms with Gasteiger partial charge in [-0.2, -0.15) is 0 Å². The van der Waals surface area contributed by atoms with Crippen molar-refractivity contribution in [2.45, 2.75) is 32.2 Å². The van der Waals surface area contributed by atoms with Crippen LogP contribution in [0.25, 0.3) is 0 Å². The van der Waals surface area contributed by atoms with Gasteiger partial charge >= 0.3 is 0 Å². The summed E-state index contributed by atoms with van der Waals surface area (Å²) in [5.41, 5.74) is 5.26. The van der Waals surface area contributed by atoms with Gasteiger partial charge in [-0.3, -0.25) is 0 Å². The van der Waals surface area contributed by atoms with Crippen molar-refractivity contribution in [3.8, 4) is 0 Å². The largest absolute Gasteiger partial charge is 0.394 e. The zero-order valence-electron chi connectivity index (χ0n) is 7.47. The normalized spacial score (nSPS) is 16.4. The number of rotatable bonds is 6. The first-order chi connectivity index (χ1) is 5.12. The number of aliphatic hydroxyl groups is 1. The Morgan fingerprint density at radius 2 is 2.18 bits per heavy atom. The zero-order chi connectivity index (χ0) is 8.74. The molecule has 3 heteroatoms. The van der Waals surface area contributed by atoms with Gasteiger partial charge in [0.05, 0.1) is 6.61 Å². The van der Waals surface area contributed by atoms with Gasteiger partial charge in [-0.15, -0.1) is 0 Å². The zero-order valence-corrected chi connectivity index (χ0v) is 7.47. The number of ether oxygens (including phenoxy) is 1. The molecule has 0 aromatic heterocycles. The first-order valence-electron chi connectivity index (χ1n) is 4.10. The Kier molecular flexibility index (Phi) is 5.46. The van der Waals surface area contributed by atoms with Crippen LogP contribution in [0.3, 0.4) is 0 Å². The smallest absolute Gasteiger partial charge is 0.0608 e. The first-order valence-corrected chi connectivity index (χ1v) is 4.10. The van der Waals surface area contributed by atoms with Crippen molar-refractivity contribution in [1.29, 1.82) is 0 Å². The van der Waals surface area contributed by atoms with Crippen molar-refractivity contribution in [1.82, 2.24) is 0 Å². The second kappa shape index (κ2) is 5.52. The van der Waals surface area contributed by atoms with Gasteiger partial charge in [-0.25, -0.2) is 0 Å². The lowest BCUT2D eigenvalue weighted by Crippen LogP contribution is -2.40. The van der Waals surface area contributed by atoms with E-state index in [4.69, 9.17) is 15.6 Å². The Bertz CT molecular complexity index is 94.1. The van der Waals surface area contributed by atoms with Crippen LogP contribution >= 0.6 is 0 Å². The van der Waals surface area contributed by atoms with Crippen LogP contribution in [0.1, 0.15) is 26.7 Å². The lowest BCUT2D eigenvalue weighted by molar-refractivity contribution is 0.128. The molecule has 11 heavy (non-hydrogen) atoms. The predicted molar refractivity (Wildman–Crippen MR) is 45.4 cm³/mol. The van der Waals surface area contributed by atoms with E-state index in [1.165, 1.54) is 0 Å². The number of aliphatic hydroxyl groups excluding tert-OH is 1. The van der Waals surface area contributed by atoms with Gasteiger partial charge in [0, 0.05) is 18.8 Å². The number of nitrogens with two attached hydrogens (primary N) is 1. The minimum Gasteiger partial charge on any atom is -0.394 e. The van der Waals surface area contributed by atoms with Gasteiger partial charge in [0.25, 0.3) is 0 Å². The molecule has 0 fully saturated rings. The quantitative estimate of drug-likeness (QED) is 0.558. The van der Waals surface area contributed by atoms with Gasteiger partial charge in [0.15, 0.2) is 0 Å². The third-order valence-electron chi connectivity index (χ3n) is 1.60. The van der Waals surface area contributed by atoms with Crippen LogP contribution in [-0.4, -0.2) is 30.5 Å². The lowest BCUT2D eigenvalue weighted by Gasteiger charge is -2.20. The second-order valence-electron chi connectivity index (χ2n) is 3.11. The molecule has 0 amide bonds. The Morgan fingerprint density at radius 1 is 1.55 bits per heavy atom. The van der Waals surface area contributed by atoms with Crippen LogP contribution in [-0.2, 0) is 4.74 Å². The monoisotopic (exact) mass is 161 g/mol. The van der Waals surface area contributed by atoms with Crippen molar-refractivity contribution in [3.05, 3.63) is 0 Å². The molecule has 0 saturated heterocycles. The third-order valence-corrected chi connectivity index (χ3v) is 1.60. The fourth-order valence-corrected chi connectivity index (χ4v) is 0.801. The fourth-order valence-electron chi connectivity index (χ4n) is 0.801. The minimum atomic E-state index is -0.433. The van der Waals surface area contributed by atoms with E-state index >= 15 is 0 Å². The van der Waals surface area contributed by atoms with Gasteiger partial charge < -0.3 is 15.6 Å². The van der Waals surface area contributed by atoms with E-state index in [0.29, 0.717) is 0 Å². The van der Waals surface area contributed by atoms with Crippen LogP contribution in [0.4, 0.5) is 0 Å². The van der Waals surface area contributed by atoms with Crippen LogP contribution in [0, 0.1) is 0 Å². The van der Waals surface area contributed by atoms with Gasteiger partial charge in [0.2, 0.25) is 0 Å². The highest BCUT2D eigenvalue weighted by molar-refractivity contribution is 4.76. The molecule has 0 bridgehead atoms. The molecular formula is C8H19NO2. The van der Waals surface area contributed by atoms with Crippen LogP contribution in [0.15, 0.2) is 0 Å². The summed E-state index contributed by atoms with van der Waals surface area (Å²) < 4.78 is 5.14. The molecule has 0 saturated carbocycles. The lowest BCUT2D eigenvalue weighted by atomic mass is 9.99. The van der Waals surface area contributed by atoms with E-state index in [1.54, 1.807) is 0 Å². The highest BCUT2D eigenvalue weighted by atomic mass is 16.5. The van der Waals surface area contributed by atoms with Crippen molar-refractivity contribution in [3.63, 3.8) is 0 Å². The second-order valence-corrected chi connectivity index (χ2v) is 3.11. The van der Waals surface area contributed by atoms with Crippen molar-refractivity contribution < 1.29 is 9.84 Å². The van der Waals surface area contributed by atoms with E-state index in [-0.39, 0.29) is 6.61 Å². The van der Waals surface area contributed by atoms with E-state index in [1.807, 2.05) is 13.8 Å². The summed E-state index contributed by atoms with van der Waals surface area (Å²) in [6, 6.07) is 0. The Labute approximate surface area is 68.5 Å². The molecule has 0 aliphatic rings. The molecule has 0 spiro atoms. The van der Waals surface area contributed by atoms with E-state index in [2.05, 4.69) is 0 Å². The molecule has 68 valence electrons. The summed E-state index contributed by atoms with van der Waals surface area (Å²) in [4.78, 5) is 0. The molecule has 1 unspecified atom stereocenters. The molecule has 1 atom stereocenters. The number of hydrogen-bond donors (Lipinski definition) is 2. The summed E-state index contributed by atoms with van der Waals surface area (Å²) in [5.74, 6) is 0. The van der Waals surface area contributed by atoms with Crippen molar-refractivity contribution in [2.75, 3.05) is 19.8 Å². The molecule has 0 aromatic carbocycles. The molecule has 0 heterocycles. The van der Waals surface area contributed by atoms with Crippen molar-refractivity contribution in [2.24, 2.45) is 5.73 Å². The third kappa shape index (κ3) is 6.28. The standard InChI is InChI=1S/C8H19NO2/c1-3-11-6-4-5-8(2,9)7-10/h10H,3-7,9H2,1-2H3. The SMILES string of the molecule is CCOCCCC(C)(N)CO. The summed E-state index contributed by atoms with van der Waals surface area (Å²) >= 11 is 0. The highest BCUT2D eigenvalue weighted by Crippen LogP contribution is 2.06. The topological polar surface area (TPSA) is 55.5 Å². The number of hydrogen-bond acceptors (Lipinski definition) is 3.